The van der Waals surface area contributed by atoms with Crippen molar-refractivity contribution < 1.29 is 13.2 Å². The molecule has 0 spiro atoms. The van der Waals surface area contributed by atoms with Crippen LogP contribution < -0.4 is 9.46 Å². The lowest BCUT2D eigenvalue weighted by Gasteiger charge is -2.06. The van der Waals surface area contributed by atoms with E-state index in [-0.39, 0.29) is 10.9 Å². The molecule has 0 unspecified atom stereocenters. The predicted molar refractivity (Wildman–Crippen MR) is 99.6 cm³/mol. The Hall–Kier alpha value is -2.16. The van der Waals surface area contributed by atoms with Crippen molar-refractivity contribution in [2.75, 3.05) is 11.8 Å². The number of anilines is 1. The molecule has 0 fully saturated rings. The van der Waals surface area contributed by atoms with E-state index in [0.29, 0.717) is 15.6 Å². The molecule has 0 amide bonds. The lowest BCUT2D eigenvalue weighted by atomic mass is 10.2. The summed E-state index contributed by atoms with van der Waals surface area (Å²) in [6.45, 7) is 0. The third kappa shape index (κ3) is 4.47. The Balaban J connectivity index is 1.75. The lowest BCUT2D eigenvalue weighted by Crippen LogP contribution is -2.15. The molecule has 25 heavy (non-hydrogen) atoms. The lowest BCUT2D eigenvalue weighted by molar-refractivity contribution is 0.415. The van der Waals surface area contributed by atoms with Crippen LogP contribution >= 0.6 is 22.9 Å². The first-order valence-corrected chi connectivity index (χ1v) is 10.0. The van der Waals surface area contributed by atoms with Gasteiger partial charge in [-0.2, -0.15) is 0 Å². The summed E-state index contributed by atoms with van der Waals surface area (Å²) in [4.78, 5) is 0. The van der Waals surface area contributed by atoms with Crippen molar-refractivity contribution in [2.45, 2.75) is 5.75 Å². The van der Waals surface area contributed by atoms with Gasteiger partial charge in [0.25, 0.3) is 0 Å². The van der Waals surface area contributed by atoms with Crippen LogP contribution in [0.2, 0.25) is 5.02 Å². The number of ether oxygens (including phenoxy) is 1. The molecular formula is C16H14ClN3O3S2. The van der Waals surface area contributed by atoms with Crippen molar-refractivity contribution in [1.29, 1.82) is 0 Å². The number of halogens is 1. The number of sulfonamides is 1. The topological polar surface area (TPSA) is 81.2 Å². The average Bonchev–Trinajstić information content (AvgIpc) is 3.04. The van der Waals surface area contributed by atoms with Crippen LogP contribution in [-0.4, -0.2) is 25.7 Å². The molecule has 3 rings (SSSR count). The second kappa shape index (κ2) is 7.38. The second-order valence-corrected chi connectivity index (χ2v) is 8.20. The van der Waals surface area contributed by atoms with Crippen LogP contribution in [0.5, 0.6) is 5.75 Å². The highest BCUT2D eigenvalue weighted by Gasteiger charge is 2.17. The van der Waals surface area contributed by atoms with Crippen LogP contribution in [-0.2, 0) is 15.8 Å². The zero-order chi connectivity index (χ0) is 17.9. The number of benzene rings is 2. The van der Waals surface area contributed by atoms with Crippen LogP contribution in [0.1, 0.15) is 5.56 Å². The molecule has 9 heteroatoms. The molecule has 0 aliphatic carbocycles. The van der Waals surface area contributed by atoms with Crippen molar-refractivity contribution in [3.8, 4) is 16.3 Å². The summed E-state index contributed by atoms with van der Waals surface area (Å²) < 4.78 is 32.2. The highest BCUT2D eigenvalue weighted by atomic mass is 35.5. The summed E-state index contributed by atoms with van der Waals surface area (Å²) in [5.41, 5.74) is 1.35. The van der Waals surface area contributed by atoms with Gasteiger partial charge in [0.1, 0.15) is 10.8 Å². The Morgan fingerprint density at radius 2 is 1.84 bits per heavy atom. The van der Waals surface area contributed by atoms with Gasteiger partial charge in [-0.15, -0.1) is 10.2 Å². The van der Waals surface area contributed by atoms with Gasteiger partial charge in [-0.1, -0.05) is 41.1 Å². The Morgan fingerprint density at radius 3 is 2.52 bits per heavy atom. The van der Waals surface area contributed by atoms with E-state index in [1.54, 1.807) is 43.5 Å². The molecule has 0 radical (unpaired) electrons. The first-order chi connectivity index (χ1) is 12.0. The monoisotopic (exact) mass is 395 g/mol. The molecule has 2 aromatic carbocycles. The molecular weight excluding hydrogens is 382 g/mol. The van der Waals surface area contributed by atoms with Gasteiger partial charge in [0.15, 0.2) is 0 Å². The minimum Gasteiger partial charge on any atom is -0.497 e. The van der Waals surface area contributed by atoms with Crippen LogP contribution in [0.25, 0.3) is 10.6 Å². The minimum absolute atomic E-state index is 0.206. The van der Waals surface area contributed by atoms with E-state index in [1.165, 1.54) is 0 Å². The van der Waals surface area contributed by atoms with E-state index >= 15 is 0 Å². The fourth-order valence-corrected chi connectivity index (χ4v) is 4.57. The summed E-state index contributed by atoms with van der Waals surface area (Å²) in [5, 5.41) is 9.15. The van der Waals surface area contributed by atoms with Gasteiger partial charge in [0.05, 0.1) is 12.9 Å². The minimum atomic E-state index is -3.64. The predicted octanol–water partition coefficient (Wildman–Crippen LogP) is 3.81. The summed E-state index contributed by atoms with van der Waals surface area (Å²) in [5.74, 6) is 0.498. The number of hydrogen-bond donors (Lipinski definition) is 1. The molecule has 0 aliphatic rings. The van der Waals surface area contributed by atoms with Gasteiger partial charge in [-0.05, 0) is 35.9 Å². The number of methoxy groups -OCH3 is 1. The average molecular weight is 396 g/mol. The number of nitrogens with one attached hydrogen (secondary N) is 1. The fraction of sp³-hybridized carbons (Fsp3) is 0.125. The first-order valence-electron chi connectivity index (χ1n) is 7.19. The van der Waals surface area contributed by atoms with Gasteiger partial charge < -0.3 is 4.74 Å². The Bertz CT molecular complexity index is 972. The van der Waals surface area contributed by atoms with Gasteiger partial charge in [0, 0.05) is 10.6 Å². The molecule has 1 N–H and O–H groups in total. The van der Waals surface area contributed by atoms with Gasteiger partial charge in [0.2, 0.25) is 15.2 Å². The Morgan fingerprint density at radius 1 is 1.12 bits per heavy atom. The van der Waals surface area contributed by atoms with E-state index in [4.69, 9.17) is 16.3 Å². The smallest absolute Gasteiger partial charge is 0.238 e. The van der Waals surface area contributed by atoms with E-state index in [1.807, 2.05) is 12.1 Å². The molecule has 1 heterocycles. The molecule has 6 nitrogen and oxygen atoms in total. The third-order valence-electron chi connectivity index (χ3n) is 3.31. The molecule has 3 aromatic rings. The molecule has 0 saturated heterocycles. The van der Waals surface area contributed by atoms with Crippen LogP contribution in [0, 0.1) is 0 Å². The Labute approximate surface area is 154 Å². The largest absolute Gasteiger partial charge is 0.497 e. The Kier molecular flexibility index (Phi) is 5.22. The van der Waals surface area contributed by atoms with Gasteiger partial charge >= 0.3 is 0 Å². The van der Waals surface area contributed by atoms with E-state index < -0.39 is 10.0 Å². The van der Waals surface area contributed by atoms with Crippen LogP contribution in [0.4, 0.5) is 5.13 Å². The third-order valence-corrected chi connectivity index (χ3v) is 5.89. The van der Waals surface area contributed by atoms with Gasteiger partial charge in [-0.3, -0.25) is 4.72 Å². The zero-order valence-corrected chi connectivity index (χ0v) is 15.5. The highest BCUT2D eigenvalue weighted by molar-refractivity contribution is 7.92. The SMILES string of the molecule is COc1ccc(-c2nnc(NS(=O)(=O)Cc3ccccc3Cl)s2)cc1. The summed E-state index contributed by atoms with van der Waals surface area (Å²) in [6.07, 6.45) is 0. The summed E-state index contributed by atoms with van der Waals surface area (Å²) in [6, 6.07) is 14.1. The second-order valence-electron chi connectivity index (χ2n) is 5.09. The summed E-state index contributed by atoms with van der Waals surface area (Å²) in [7, 11) is -2.05. The quantitative estimate of drug-likeness (QED) is 0.686. The summed E-state index contributed by atoms with van der Waals surface area (Å²) >= 11 is 7.17. The molecule has 0 atom stereocenters. The maximum absolute atomic E-state index is 12.3. The van der Waals surface area contributed by atoms with Crippen molar-refractivity contribution in [3.05, 3.63) is 59.1 Å². The first kappa shape index (κ1) is 17.7. The number of aromatic nitrogens is 2. The van der Waals surface area contributed by atoms with Crippen molar-refractivity contribution >= 4 is 38.1 Å². The number of rotatable bonds is 6. The van der Waals surface area contributed by atoms with Crippen molar-refractivity contribution in [1.82, 2.24) is 10.2 Å². The molecule has 1 aromatic heterocycles. The normalized spacial score (nSPS) is 11.3. The standard InChI is InChI=1S/C16H14ClN3O3S2/c1-23-13-8-6-11(7-9-13)15-18-19-16(24-15)20-25(21,22)10-12-4-2-3-5-14(12)17/h2-9H,10H2,1H3,(H,19,20). The fourth-order valence-electron chi connectivity index (χ4n) is 2.10. The van der Waals surface area contributed by atoms with Gasteiger partial charge in [-0.25, -0.2) is 8.42 Å². The zero-order valence-electron chi connectivity index (χ0n) is 13.1. The molecule has 0 saturated carbocycles. The molecule has 130 valence electrons. The molecule has 0 bridgehead atoms. The maximum Gasteiger partial charge on any atom is 0.238 e. The van der Waals surface area contributed by atoms with Crippen LogP contribution in [0.3, 0.4) is 0 Å². The number of hydrogen-bond acceptors (Lipinski definition) is 6. The maximum atomic E-state index is 12.3. The van der Waals surface area contributed by atoms with Crippen molar-refractivity contribution in [3.63, 3.8) is 0 Å². The van der Waals surface area contributed by atoms with Crippen molar-refractivity contribution in [2.24, 2.45) is 0 Å². The highest BCUT2D eigenvalue weighted by Crippen LogP contribution is 2.28. The van der Waals surface area contributed by atoms with E-state index in [9.17, 15) is 8.42 Å². The number of nitrogens with zero attached hydrogens (tertiary/aromatic N) is 2. The van der Waals surface area contributed by atoms with E-state index in [0.717, 1.165) is 22.6 Å². The molecule has 0 aliphatic heterocycles. The van der Waals surface area contributed by atoms with E-state index in [2.05, 4.69) is 14.9 Å². The van der Waals surface area contributed by atoms with Crippen LogP contribution in [0.15, 0.2) is 48.5 Å².